The van der Waals surface area contributed by atoms with E-state index in [-0.39, 0.29) is 0 Å². The van der Waals surface area contributed by atoms with Gasteiger partial charge < -0.3 is 18.0 Å². The Morgan fingerprint density at radius 2 is 0.750 bits per heavy atom. The first-order chi connectivity index (χ1) is 27.7. The molecule has 0 saturated carbocycles. The van der Waals surface area contributed by atoms with Crippen LogP contribution in [0.2, 0.25) is 0 Å². The zero-order valence-corrected chi connectivity index (χ0v) is 29.9. The van der Waals surface area contributed by atoms with Gasteiger partial charge in [-0.1, -0.05) is 84.9 Å². The quantitative estimate of drug-likeness (QED) is 0.178. The van der Waals surface area contributed by atoms with Crippen LogP contribution in [0, 0.1) is 0 Å². The van der Waals surface area contributed by atoms with Crippen molar-refractivity contribution >= 4 is 65.8 Å². The van der Waals surface area contributed by atoms with Gasteiger partial charge in [-0.2, -0.15) is 0 Å². The van der Waals surface area contributed by atoms with Crippen LogP contribution >= 0.6 is 0 Å². The minimum Gasteiger partial charge on any atom is -0.436 e. The zero-order valence-electron chi connectivity index (χ0n) is 29.9. The van der Waals surface area contributed by atoms with Gasteiger partial charge in [0.05, 0.1) is 22.1 Å². The van der Waals surface area contributed by atoms with Crippen LogP contribution in [-0.4, -0.2) is 19.1 Å². The fourth-order valence-corrected chi connectivity index (χ4v) is 8.41. The number of aromatic nitrogens is 4. The standard InChI is InChI=1S/C50H30N4O2/c1-5-19-43-37(15-1)39-29-33(49-51-41-17-3-7-21-47(41)55-49)23-25-45(39)53(43)35-13-9-11-31(27-35)32-12-10-14-36(28-32)54-44-20-6-2-16-38(44)40-30-34(24-26-46(40)54)50-52-42-18-4-8-22-48(42)56-50/h1-30H. The van der Waals surface area contributed by atoms with Gasteiger partial charge in [0.2, 0.25) is 11.8 Å². The van der Waals surface area contributed by atoms with Gasteiger partial charge in [-0.25, -0.2) is 9.97 Å². The Kier molecular flexibility index (Phi) is 6.53. The summed E-state index contributed by atoms with van der Waals surface area (Å²) in [4.78, 5) is 9.56. The maximum atomic E-state index is 6.16. The molecule has 12 aromatic rings. The van der Waals surface area contributed by atoms with Crippen molar-refractivity contribution in [1.82, 2.24) is 19.1 Å². The Morgan fingerprint density at radius 1 is 0.321 bits per heavy atom. The molecule has 0 aliphatic carbocycles. The lowest BCUT2D eigenvalue weighted by molar-refractivity contribution is 0.619. The number of hydrogen-bond acceptors (Lipinski definition) is 4. The normalized spacial score (nSPS) is 11.9. The van der Waals surface area contributed by atoms with Crippen molar-refractivity contribution in [2.75, 3.05) is 0 Å². The number of hydrogen-bond donors (Lipinski definition) is 0. The van der Waals surface area contributed by atoms with E-state index < -0.39 is 0 Å². The molecule has 0 atom stereocenters. The van der Waals surface area contributed by atoms with Crippen LogP contribution in [0.3, 0.4) is 0 Å². The smallest absolute Gasteiger partial charge is 0.227 e. The average Bonchev–Trinajstić information content (AvgIpc) is 4.04. The van der Waals surface area contributed by atoms with Crippen LogP contribution in [0.25, 0.3) is 111 Å². The minimum absolute atomic E-state index is 0.624. The third kappa shape index (κ3) is 4.69. The lowest BCUT2D eigenvalue weighted by Crippen LogP contribution is -1.96. The third-order valence-corrected chi connectivity index (χ3v) is 11.0. The van der Waals surface area contributed by atoms with Crippen LogP contribution < -0.4 is 0 Å². The van der Waals surface area contributed by atoms with Gasteiger partial charge >= 0.3 is 0 Å². The number of para-hydroxylation sites is 6. The highest BCUT2D eigenvalue weighted by Gasteiger charge is 2.18. The Balaban J connectivity index is 0.965. The summed E-state index contributed by atoms with van der Waals surface area (Å²) >= 11 is 0. The lowest BCUT2D eigenvalue weighted by atomic mass is 10.0. The first kappa shape index (κ1) is 30.7. The molecule has 4 aromatic heterocycles. The lowest BCUT2D eigenvalue weighted by Gasteiger charge is -2.13. The number of oxazole rings is 2. The number of nitrogens with zero attached hydrogens (tertiary/aromatic N) is 4. The zero-order chi connectivity index (χ0) is 36.7. The molecular weight excluding hydrogens is 689 g/mol. The van der Waals surface area contributed by atoms with Crippen LogP contribution in [0.1, 0.15) is 0 Å². The van der Waals surface area contributed by atoms with Crippen molar-refractivity contribution < 1.29 is 8.83 Å². The SMILES string of the molecule is c1cc(-c2cccc(-n3c4ccccc4c4cc(-c5nc6ccccc6o5)ccc43)c2)cc(-n2c3ccccc3c3cc(-c4nc5ccccc5o4)ccc32)c1. The molecule has 0 unspecified atom stereocenters. The Labute approximate surface area is 320 Å². The van der Waals surface area contributed by atoms with Crippen LogP contribution in [0.4, 0.5) is 0 Å². The number of benzene rings is 8. The third-order valence-electron chi connectivity index (χ3n) is 11.0. The van der Waals surface area contributed by atoms with Crippen molar-refractivity contribution in [3.8, 4) is 45.4 Å². The molecule has 0 aliphatic rings. The molecule has 0 aliphatic heterocycles. The van der Waals surface area contributed by atoms with Crippen molar-refractivity contribution in [3.05, 3.63) is 182 Å². The highest BCUT2D eigenvalue weighted by Crippen LogP contribution is 2.39. The molecule has 262 valence electrons. The fourth-order valence-electron chi connectivity index (χ4n) is 8.41. The van der Waals surface area contributed by atoms with Gasteiger partial charge in [-0.3, -0.25) is 0 Å². The van der Waals surface area contributed by atoms with Gasteiger partial charge in [-0.15, -0.1) is 0 Å². The number of rotatable bonds is 5. The number of fused-ring (bicyclic) bond motifs is 8. The highest BCUT2D eigenvalue weighted by atomic mass is 16.4. The molecule has 56 heavy (non-hydrogen) atoms. The second kappa shape index (κ2) is 11.9. The van der Waals surface area contributed by atoms with E-state index in [1.807, 2.05) is 48.5 Å². The van der Waals surface area contributed by atoms with Crippen LogP contribution in [0.15, 0.2) is 191 Å². The predicted octanol–water partition coefficient (Wildman–Crippen LogP) is 13.2. The second-order valence-corrected chi connectivity index (χ2v) is 14.2. The van der Waals surface area contributed by atoms with E-state index >= 15 is 0 Å². The van der Waals surface area contributed by atoms with Crippen LogP contribution in [-0.2, 0) is 0 Å². The van der Waals surface area contributed by atoms with E-state index in [4.69, 9.17) is 18.8 Å². The first-order valence-corrected chi connectivity index (χ1v) is 18.7. The van der Waals surface area contributed by atoms with E-state index in [1.165, 1.54) is 10.8 Å². The molecule has 0 N–H and O–H groups in total. The Bertz CT molecular complexity index is 3210. The molecular formula is C50H30N4O2. The van der Waals surface area contributed by atoms with E-state index in [0.29, 0.717) is 11.8 Å². The maximum Gasteiger partial charge on any atom is 0.227 e. The molecule has 0 fully saturated rings. The van der Waals surface area contributed by atoms with Crippen molar-refractivity contribution in [1.29, 1.82) is 0 Å². The topological polar surface area (TPSA) is 61.9 Å². The summed E-state index contributed by atoms with van der Waals surface area (Å²) < 4.78 is 17.0. The largest absolute Gasteiger partial charge is 0.436 e. The molecule has 0 amide bonds. The maximum absolute atomic E-state index is 6.16. The summed E-state index contributed by atoms with van der Waals surface area (Å²) in [5, 5.41) is 4.66. The molecule has 0 radical (unpaired) electrons. The molecule has 6 nitrogen and oxygen atoms in total. The van der Waals surface area contributed by atoms with E-state index in [2.05, 4.69) is 143 Å². The Hall–Kier alpha value is -7.70. The molecule has 12 rings (SSSR count). The molecule has 6 heteroatoms. The summed E-state index contributed by atoms with van der Waals surface area (Å²) in [5.74, 6) is 1.25. The van der Waals surface area contributed by atoms with Gasteiger partial charge in [0.25, 0.3) is 0 Å². The van der Waals surface area contributed by atoms with E-state index in [9.17, 15) is 0 Å². The summed E-state index contributed by atoms with van der Waals surface area (Å²) in [6, 6.07) is 63.6. The van der Waals surface area contributed by atoms with Gasteiger partial charge in [0.1, 0.15) is 11.0 Å². The predicted molar refractivity (Wildman–Crippen MR) is 227 cm³/mol. The van der Waals surface area contributed by atoms with Gasteiger partial charge in [0.15, 0.2) is 11.2 Å². The molecule has 4 heterocycles. The van der Waals surface area contributed by atoms with Gasteiger partial charge in [-0.05, 0) is 108 Å². The second-order valence-electron chi connectivity index (χ2n) is 14.2. The summed E-state index contributed by atoms with van der Waals surface area (Å²) in [6.45, 7) is 0. The Morgan fingerprint density at radius 3 is 1.23 bits per heavy atom. The molecule has 0 bridgehead atoms. The van der Waals surface area contributed by atoms with E-state index in [1.54, 1.807) is 0 Å². The minimum atomic E-state index is 0.624. The molecule has 8 aromatic carbocycles. The monoisotopic (exact) mass is 718 g/mol. The van der Waals surface area contributed by atoms with Gasteiger partial charge in [0, 0.05) is 44.0 Å². The van der Waals surface area contributed by atoms with Crippen molar-refractivity contribution in [2.45, 2.75) is 0 Å². The molecule has 0 saturated heterocycles. The fraction of sp³-hybridized carbons (Fsp3) is 0. The average molecular weight is 719 g/mol. The first-order valence-electron chi connectivity index (χ1n) is 18.7. The highest BCUT2D eigenvalue weighted by molar-refractivity contribution is 6.11. The van der Waals surface area contributed by atoms with E-state index in [0.717, 1.165) is 88.7 Å². The summed E-state index contributed by atoms with van der Waals surface area (Å²) in [7, 11) is 0. The van der Waals surface area contributed by atoms with Crippen molar-refractivity contribution in [3.63, 3.8) is 0 Å². The van der Waals surface area contributed by atoms with Crippen molar-refractivity contribution in [2.24, 2.45) is 0 Å². The summed E-state index contributed by atoms with van der Waals surface area (Å²) in [5.41, 5.74) is 14.2. The molecule has 0 spiro atoms. The summed E-state index contributed by atoms with van der Waals surface area (Å²) in [6.07, 6.45) is 0. The van der Waals surface area contributed by atoms with Crippen LogP contribution in [0.5, 0.6) is 0 Å².